The molecule has 0 rings (SSSR count). The van der Waals surface area contributed by atoms with Crippen molar-refractivity contribution in [3.63, 3.8) is 0 Å². The van der Waals surface area contributed by atoms with Gasteiger partial charge in [-0.1, -0.05) is 11.2 Å². The first-order chi connectivity index (χ1) is 3.55. The lowest BCUT2D eigenvalue weighted by Crippen LogP contribution is -2.12. The van der Waals surface area contributed by atoms with Crippen molar-refractivity contribution in [2.45, 2.75) is 0 Å². The first kappa shape index (κ1) is 8.64. The van der Waals surface area contributed by atoms with E-state index < -0.39 is 7.58 Å². The minimum Gasteiger partial charge on any atom is -0.264 e. The Hall–Kier alpha value is 0.640. The summed E-state index contributed by atoms with van der Waals surface area (Å²) < 4.78 is 3.99. The fraction of sp³-hybridized carbons (Fsp3) is 1.00. The van der Waals surface area contributed by atoms with Crippen molar-refractivity contribution in [2.24, 2.45) is 0 Å². The van der Waals surface area contributed by atoms with E-state index in [9.17, 15) is 0 Å². The molecular formula is C4H12ClN2P. The van der Waals surface area contributed by atoms with Crippen LogP contribution in [0.1, 0.15) is 0 Å². The highest BCUT2D eigenvalue weighted by Crippen LogP contribution is 2.44. The standard InChI is InChI=1S/C4H12ClN2P/c1-6(2)8(5)7(3)4/h1-4H3. The predicted molar refractivity (Wildman–Crippen MR) is 40.1 cm³/mol. The molecule has 8 heavy (non-hydrogen) atoms. The largest absolute Gasteiger partial charge is 0.264 e. The highest BCUT2D eigenvalue weighted by atomic mass is 35.7. The Kier molecular flexibility index (Phi) is 3.91. The maximum absolute atomic E-state index is 5.87. The van der Waals surface area contributed by atoms with Crippen molar-refractivity contribution < 1.29 is 0 Å². The summed E-state index contributed by atoms with van der Waals surface area (Å²) in [5, 5.41) is 0. The second kappa shape index (κ2) is 3.62. The van der Waals surface area contributed by atoms with Gasteiger partial charge in [0.25, 0.3) is 0 Å². The second-order valence-corrected chi connectivity index (χ2v) is 4.92. The van der Waals surface area contributed by atoms with E-state index in [0.29, 0.717) is 0 Å². The molecule has 0 bridgehead atoms. The van der Waals surface area contributed by atoms with Crippen LogP contribution in [0.3, 0.4) is 0 Å². The Balaban J connectivity index is 3.46. The number of hydrogen-bond acceptors (Lipinski definition) is 2. The van der Waals surface area contributed by atoms with Gasteiger partial charge in [0.05, 0.1) is 0 Å². The fourth-order valence-electron chi connectivity index (χ4n) is 0.358. The van der Waals surface area contributed by atoms with Crippen LogP contribution in [0.4, 0.5) is 0 Å². The van der Waals surface area contributed by atoms with E-state index in [1.54, 1.807) is 0 Å². The normalized spacial score (nSPS) is 12.0. The third-order valence-corrected chi connectivity index (χ3v) is 3.79. The van der Waals surface area contributed by atoms with Gasteiger partial charge in [0.2, 0.25) is 0 Å². The molecule has 0 N–H and O–H groups in total. The predicted octanol–water partition coefficient (Wildman–Crippen LogP) is 1.58. The minimum atomic E-state index is -0.560. The molecule has 0 radical (unpaired) electrons. The maximum atomic E-state index is 5.87. The molecule has 50 valence electrons. The number of rotatable bonds is 2. The molecule has 0 aromatic heterocycles. The van der Waals surface area contributed by atoms with E-state index >= 15 is 0 Å². The Morgan fingerprint density at radius 1 is 1.00 bits per heavy atom. The molecule has 0 atom stereocenters. The number of halogens is 1. The van der Waals surface area contributed by atoms with Gasteiger partial charge in [0.15, 0.2) is 0 Å². The summed E-state index contributed by atoms with van der Waals surface area (Å²) >= 11 is 5.87. The van der Waals surface area contributed by atoms with Crippen molar-refractivity contribution in [2.75, 3.05) is 28.2 Å². The van der Waals surface area contributed by atoms with E-state index in [1.807, 2.05) is 37.5 Å². The van der Waals surface area contributed by atoms with Crippen molar-refractivity contribution >= 4 is 18.8 Å². The zero-order valence-electron chi connectivity index (χ0n) is 5.72. The lowest BCUT2D eigenvalue weighted by atomic mass is 11.3. The van der Waals surface area contributed by atoms with E-state index in [2.05, 4.69) is 0 Å². The van der Waals surface area contributed by atoms with Gasteiger partial charge in [-0.05, 0) is 28.2 Å². The van der Waals surface area contributed by atoms with Crippen molar-refractivity contribution in [1.29, 1.82) is 0 Å². The zero-order chi connectivity index (χ0) is 6.73. The topological polar surface area (TPSA) is 6.48 Å². The first-order valence-electron chi connectivity index (χ1n) is 2.36. The molecule has 4 heteroatoms. The summed E-state index contributed by atoms with van der Waals surface area (Å²) in [6.45, 7) is 0. The molecule has 0 amide bonds. The average molecular weight is 155 g/mol. The SMILES string of the molecule is CN(C)P(Cl)N(C)C. The molecule has 0 aromatic carbocycles. The van der Waals surface area contributed by atoms with Gasteiger partial charge in [-0.2, -0.15) is 0 Å². The molecule has 0 unspecified atom stereocenters. The third kappa shape index (κ3) is 2.83. The van der Waals surface area contributed by atoms with Crippen LogP contribution in [0.25, 0.3) is 0 Å². The molecular weight excluding hydrogens is 142 g/mol. The zero-order valence-corrected chi connectivity index (χ0v) is 7.37. The van der Waals surface area contributed by atoms with Gasteiger partial charge in [0, 0.05) is 0 Å². The Bertz CT molecular complexity index is 59.1. The molecule has 0 aromatic rings. The van der Waals surface area contributed by atoms with Crippen LogP contribution in [0.2, 0.25) is 0 Å². The molecule has 0 saturated carbocycles. The summed E-state index contributed by atoms with van der Waals surface area (Å²) in [7, 11) is 7.32. The van der Waals surface area contributed by atoms with Gasteiger partial charge in [-0.3, -0.25) is 9.34 Å². The Labute approximate surface area is 57.1 Å². The lowest BCUT2D eigenvalue weighted by Gasteiger charge is -2.22. The summed E-state index contributed by atoms with van der Waals surface area (Å²) in [5.41, 5.74) is 0. The van der Waals surface area contributed by atoms with Crippen molar-refractivity contribution in [3.05, 3.63) is 0 Å². The number of hydrogen-bond donors (Lipinski definition) is 0. The highest BCUT2D eigenvalue weighted by Gasteiger charge is 2.07. The van der Waals surface area contributed by atoms with Gasteiger partial charge in [-0.15, -0.1) is 0 Å². The molecule has 2 nitrogen and oxygen atoms in total. The quantitative estimate of drug-likeness (QED) is 0.558. The van der Waals surface area contributed by atoms with Crippen LogP contribution >= 0.6 is 18.8 Å². The summed E-state index contributed by atoms with van der Waals surface area (Å²) in [5.74, 6) is 0. The molecule has 0 saturated heterocycles. The Morgan fingerprint density at radius 3 is 1.25 bits per heavy atom. The van der Waals surface area contributed by atoms with E-state index in [0.717, 1.165) is 0 Å². The fourth-order valence-corrected chi connectivity index (χ4v) is 1.07. The van der Waals surface area contributed by atoms with Crippen LogP contribution in [0.15, 0.2) is 0 Å². The van der Waals surface area contributed by atoms with Crippen LogP contribution in [0, 0.1) is 0 Å². The van der Waals surface area contributed by atoms with Crippen LogP contribution in [0.5, 0.6) is 0 Å². The van der Waals surface area contributed by atoms with Gasteiger partial charge < -0.3 is 0 Å². The van der Waals surface area contributed by atoms with Crippen LogP contribution in [-0.4, -0.2) is 37.5 Å². The molecule has 0 heterocycles. The third-order valence-electron chi connectivity index (χ3n) is 0.660. The summed E-state index contributed by atoms with van der Waals surface area (Å²) in [4.78, 5) is 0. The first-order valence-corrected chi connectivity index (χ1v) is 4.51. The molecule has 0 fully saturated rings. The van der Waals surface area contributed by atoms with Crippen LogP contribution < -0.4 is 0 Å². The van der Waals surface area contributed by atoms with Gasteiger partial charge in [-0.25, -0.2) is 0 Å². The van der Waals surface area contributed by atoms with Gasteiger partial charge in [0.1, 0.15) is 7.58 Å². The minimum absolute atomic E-state index is 0.560. The summed E-state index contributed by atoms with van der Waals surface area (Å²) in [6, 6.07) is 0. The lowest BCUT2D eigenvalue weighted by molar-refractivity contribution is 0.590. The van der Waals surface area contributed by atoms with Crippen molar-refractivity contribution in [3.8, 4) is 0 Å². The van der Waals surface area contributed by atoms with Crippen molar-refractivity contribution in [1.82, 2.24) is 9.34 Å². The Morgan fingerprint density at radius 2 is 1.25 bits per heavy atom. The number of nitrogens with zero attached hydrogens (tertiary/aromatic N) is 2. The molecule has 0 aliphatic heterocycles. The molecule has 0 aliphatic rings. The van der Waals surface area contributed by atoms with E-state index in [-0.39, 0.29) is 0 Å². The van der Waals surface area contributed by atoms with E-state index in [4.69, 9.17) is 11.2 Å². The second-order valence-electron chi connectivity index (χ2n) is 1.94. The van der Waals surface area contributed by atoms with Gasteiger partial charge >= 0.3 is 0 Å². The molecule has 0 aliphatic carbocycles. The summed E-state index contributed by atoms with van der Waals surface area (Å²) in [6.07, 6.45) is 0. The molecule has 0 spiro atoms. The maximum Gasteiger partial charge on any atom is 0.139 e. The van der Waals surface area contributed by atoms with E-state index in [1.165, 1.54) is 0 Å². The monoisotopic (exact) mass is 154 g/mol. The highest BCUT2D eigenvalue weighted by molar-refractivity contribution is 7.80. The smallest absolute Gasteiger partial charge is 0.139 e. The van der Waals surface area contributed by atoms with Crippen LogP contribution in [-0.2, 0) is 0 Å². The average Bonchev–Trinajstić information content (AvgIpc) is 1.64.